The van der Waals surface area contributed by atoms with E-state index in [9.17, 15) is 9.59 Å². The van der Waals surface area contributed by atoms with E-state index in [0.717, 1.165) is 10.7 Å². The highest BCUT2D eigenvalue weighted by Crippen LogP contribution is 2.39. The van der Waals surface area contributed by atoms with Crippen LogP contribution in [0.3, 0.4) is 0 Å². The average Bonchev–Trinajstić information content (AvgIpc) is 3.26. The van der Waals surface area contributed by atoms with Crippen LogP contribution in [0, 0.1) is 13.8 Å². The topological polar surface area (TPSA) is 109 Å². The molecule has 0 unspecified atom stereocenters. The summed E-state index contributed by atoms with van der Waals surface area (Å²) >= 11 is 1.34. The molecule has 1 aromatic carbocycles. The van der Waals surface area contributed by atoms with Gasteiger partial charge in [-0.1, -0.05) is 11.3 Å². The Morgan fingerprint density at radius 1 is 1.10 bits per heavy atom. The van der Waals surface area contributed by atoms with Crippen molar-refractivity contribution in [3.8, 4) is 17.2 Å². The second kappa shape index (κ2) is 7.91. The Morgan fingerprint density at radius 2 is 1.77 bits per heavy atom. The van der Waals surface area contributed by atoms with Gasteiger partial charge in [0.1, 0.15) is 17.1 Å². The third-order valence-corrected chi connectivity index (χ3v) is 5.63. The zero-order valence-electron chi connectivity index (χ0n) is 17.7. The molecule has 0 fully saturated rings. The van der Waals surface area contributed by atoms with Crippen molar-refractivity contribution in [2.24, 2.45) is 0 Å². The Kier molecular flexibility index (Phi) is 5.27. The van der Waals surface area contributed by atoms with Crippen LogP contribution in [-0.2, 0) is 11.3 Å². The molecule has 3 aromatic heterocycles. The summed E-state index contributed by atoms with van der Waals surface area (Å²) in [5.74, 6) is 0.942. The van der Waals surface area contributed by atoms with Crippen LogP contribution in [-0.4, -0.2) is 46.4 Å². The van der Waals surface area contributed by atoms with Crippen LogP contribution in [0.15, 0.2) is 23.0 Å². The summed E-state index contributed by atoms with van der Waals surface area (Å²) in [6.45, 7) is 3.57. The SMILES string of the molecule is COc1cc(NC(=O)Cn2c(C)cc3nc4sc(C)nn4c(=O)c32)cc(OC)c1OC. The number of aryl methyl sites for hydroxylation is 2. The molecule has 1 N–H and O–H groups in total. The number of hydrogen-bond donors (Lipinski definition) is 1. The van der Waals surface area contributed by atoms with Crippen LogP contribution in [0.25, 0.3) is 16.0 Å². The zero-order chi connectivity index (χ0) is 22.3. The second-order valence-electron chi connectivity index (χ2n) is 6.80. The summed E-state index contributed by atoms with van der Waals surface area (Å²) in [4.78, 5) is 30.8. The van der Waals surface area contributed by atoms with Crippen molar-refractivity contribution in [1.29, 1.82) is 0 Å². The standard InChI is InChI=1S/C20H21N5O5S/c1-10-6-13-17(19(27)25-20(22-13)31-11(2)23-25)24(10)9-16(26)21-12-7-14(28-3)18(30-5)15(8-12)29-4/h6-8H,9H2,1-5H3,(H,21,26). The summed E-state index contributed by atoms with van der Waals surface area (Å²) in [6.07, 6.45) is 0. The summed E-state index contributed by atoms with van der Waals surface area (Å²) in [6, 6.07) is 5.06. The Balaban J connectivity index is 1.68. The molecule has 11 heteroatoms. The van der Waals surface area contributed by atoms with Gasteiger partial charge in [0, 0.05) is 23.5 Å². The molecule has 0 aliphatic rings. The molecule has 162 valence electrons. The number of aromatic nitrogens is 4. The maximum absolute atomic E-state index is 13.0. The van der Waals surface area contributed by atoms with E-state index in [-0.39, 0.29) is 18.0 Å². The largest absolute Gasteiger partial charge is 0.493 e. The fourth-order valence-electron chi connectivity index (χ4n) is 3.46. The third-order valence-electron chi connectivity index (χ3n) is 4.81. The highest BCUT2D eigenvalue weighted by atomic mass is 32.1. The van der Waals surface area contributed by atoms with Gasteiger partial charge in [0.2, 0.25) is 16.6 Å². The van der Waals surface area contributed by atoms with Crippen LogP contribution in [0.2, 0.25) is 0 Å². The van der Waals surface area contributed by atoms with Gasteiger partial charge in [0.15, 0.2) is 11.5 Å². The summed E-state index contributed by atoms with van der Waals surface area (Å²) in [5.41, 5.74) is 1.78. The number of amides is 1. The van der Waals surface area contributed by atoms with E-state index < -0.39 is 0 Å². The molecule has 0 saturated carbocycles. The molecule has 4 rings (SSSR count). The molecule has 4 aromatic rings. The number of methoxy groups -OCH3 is 3. The van der Waals surface area contributed by atoms with E-state index in [1.54, 1.807) is 22.8 Å². The van der Waals surface area contributed by atoms with Gasteiger partial charge >= 0.3 is 0 Å². The molecule has 31 heavy (non-hydrogen) atoms. The van der Waals surface area contributed by atoms with Crippen LogP contribution < -0.4 is 25.1 Å². The van der Waals surface area contributed by atoms with Crippen molar-refractivity contribution in [1.82, 2.24) is 19.2 Å². The number of fused-ring (bicyclic) bond motifs is 2. The minimum Gasteiger partial charge on any atom is -0.493 e. The molecular formula is C20H21N5O5S. The lowest BCUT2D eigenvalue weighted by Crippen LogP contribution is -2.23. The molecule has 3 heterocycles. The Morgan fingerprint density at radius 3 is 2.39 bits per heavy atom. The van der Waals surface area contributed by atoms with Crippen molar-refractivity contribution in [3.05, 3.63) is 39.3 Å². The quantitative estimate of drug-likeness (QED) is 0.487. The second-order valence-corrected chi connectivity index (χ2v) is 7.96. The molecule has 0 aliphatic heterocycles. The van der Waals surface area contributed by atoms with E-state index in [1.165, 1.54) is 37.2 Å². The number of hydrogen-bond acceptors (Lipinski definition) is 8. The number of carbonyl (C=O) groups excluding carboxylic acids is 1. The van der Waals surface area contributed by atoms with E-state index >= 15 is 0 Å². The number of nitrogens with zero attached hydrogens (tertiary/aromatic N) is 4. The van der Waals surface area contributed by atoms with Gasteiger partial charge in [0.05, 0.1) is 26.8 Å². The summed E-state index contributed by atoms with van der Waals surface area (Å²) in [5, 5.41) is 7.77. The minimum absolute atomic E-state index is 0.0713. The Labute approximate surface area is 181 Å². The third kappa shape index (κ3) is 3.56. The van der Waals surface area contributed by atoms with Gasteiger partial charge in [-0.15, -0.1) is 0 Å². The molecule has 0 bridgehead atoms. The van der Waals surface area contributed by atoms with Crippen LogP contribution in [0.1, 0.15) is 10.7 Å². The van der Waals surface area contributed by atoms with Crippen molar-refractivity contribution >= 4 is 38.9 Å². The predicted octanol–water partition coefficient (Wildman–Crippen LogP) is 2.39. The lowest BCUT2D eigenvalue weighted by Gasteiger charge is -2.15. The minimum atomic E-state index is -0.325. The first-order chi connectivity index (χ1) is 14.9. The number of anilines is 1. The maximum atomic E-state index is 13.0. The summed E-state index contributed by atoms with van der Waals surface area (Å²) < 4.78 is 18.9. The Bertz CT molecular complexity index is 1350. The fourth-order valence-corrected chi connectivity index (χ4v) is 4.20. The van der Waals surface area contributed by atoms with Crippen molar-refractivity contribution < 1.29 is 19.0 Å². The van der Waals surface area contributed by atoms with Gasteiger partial charge in [0.25, 0.3) is 5.56 Å². The van der Waals surface area contributed by atoms with E-state index in [4.69, 9.17) is 14.2 Å². The molecular weight excluding hydrogens is 422 g/mol. The molecule has 10 nitrogen and oxygen atoms in total. The van der Waals surface area contributed by atoms with E-state index in [2.05, 4.69) is 15.4 Å². The molecule has 0 spiro atoms. The van der Waals surface area contributed by atoms with Gasteiger partial charge in [-0.3, -0.25) is 9.59 Å². The van der Waals surface area contributed by atoms with Crippen molar-refractivity contribution in [3.63, 3.8) is 0 Å². The zero-order valence-corrected chi connectivity index (χ0v) is 18.5. The van der Waals surface area contributed by atoms with E-state index in [1.807, 2.05) is 13.8 Å². The number of nitrogens with one attached hydrogen (secondary N) is 1. The van der Waals surface area contributed by atoms with E-state index in [0.29, 0.717) is 38.9 Å². The molecule has 0 radical (unpaired) electrons. The lowest BCUT2D eigenvalue weighted by molar-refractivity contribution is -0.116. The van der Waals surface area contributed by atoms with Gasteiger partial charge < -0.3 is 24.1 Å². The average molecular weight is 443 g/mol. The lowest BCUT2D eigenvalue weighted by atomic mass is 10.2. The Hall–Kier alpha value is -3.60. The smallest absolute Gasteiger partial charge is 0.299 e. The highest BCUT2D eigenvalue weighted by Gasteiger charge is 2.19. The van der Waals surface area contributed by atoms with Crippen molar-refractivity contribution in [2.75, 3.05) is 26.6 Å². The van der Waals surface area contributed by atoms with Crippen molar-refractivity contribution in [2.45, 2.75) is 20.4 Å². The number of benzene rings is 1. The predicted molar refractivity (Wildman–Crippen MR) is 117 cm³/mol. The number of ether oxygens (including phenoxy) is 3. The highest BCUT2D eigenvalue weighted by molar-refractivity contribution is 7.16. The maximum Gasteiger partial charge on any atom is 0.299 e. The molecule has 1 amide bonds. The molecule has 0 saturated heterocycles. The molecule has 0 aliphatic carbocycles. The van der Waals surface area contributed by atoms with Gasteiger partial charge in [-0.2, -0.15) is 9.61 Å². The van der Waals surface area contributed by atoms with Gasteiger partial charge in [-0.25, -0.2) is 4.98 Å². The van der Waals surface area contributed by atoms with Crippen LogP contribution in [0.5, 0.6) is 17.2 Å². The number of rotatable bonds is 6. The van der Waals surface area contributed by atoms with Crippen LogP contribution >= 0.6 is 11.3 Å². The first kappa shape index (κ1) is 20.7. The summed E-state index contributed by atoms with van der Waals surface area (Å²) in [7, 11) is 4.51. The first-order valence-corrected chi connectivity index (χ1v) is 10.1. The first-order valence-electron chi connectivity index (χ1n) is 9.32. The number of carbonyl (C=O) groups is 1. The fraction of sp³-hybridized carbons (Fsp3) is 0.300. The van der Waals surface area contributed by atoms with Crippen LogP contribution in [0.4, 0.5) is 5.69 Å². The monoisotopic (exact) mass is 443 g/mol. The van der Waals surface area contributed by atoms with Gasteiger partial charge in [-0.05, 0) is 19.9 Å². The molecule has 0 atom stereocenters. The normalized spacial score (nSPS) is 11.1.